The van der Waals surface area contributed by atoms with E-state index in [-0.39, 0.29) is 0 Å². The zero-order chi connectivity index (χ0) is 21.2. The topological polar surface area (TPSA) is 93.5 Å². The van der Waals surface area contributed by atoms with Gasteiger partial charge in [0.15, 0.2) is 5.82 Å². The van der Waals surface area contributed by atoms with E-state index in [0.29, 0.717) is 18.5 Å². The molecule has 2 aliphatic heterocycles. The summed E-state index contributed by atoms with van der Waals surface area (Å²) in [6.07, 6.45) is 9.69. The number of pyridine rings is 2. The van der Waals surface area contributed by atoms with Crippen LogP contribution in [0.25, 0.3) is 10.9 Å². The number of nitrogens with one attached hydrogen (secondary N) is 2. The quantitative estimate of drug-likeness (QED) is 0.590. The van der Waals surface area contributed by atoms with Crippen LogP contribution in [-0.2, 0) is 6.42 Å². The minimum Gasteiger partial charge on any atom is -0.323 e. The van der Waals surface area contributed by atoms with Crippen molar-refractivity contribution in [3.63, 3.8) is 0 Å². The van der Waals surface area contributed by atoms with Gasteiger partial charge in [0.25, 0.3) is 0 Å². The molecule has 5 heterocycles. The number of piperidine rings is 1. The highest BCUT2D eigenvalue weighted by Crippen LogP contribution is 2.40. The molecule has 0 aliphatic carbocycles. The molecule has 0 amide bonds. The number of aromatic amines is 1. The summed E-state index contributed by atoms with van der Waals surface area (Å²) in [5.41, 5.74) is 3.09. The van der Waals surface area contributed by atoms with Gasteiger partial charge in [-0.05, 0) is 63.5 Å². The number of anilines is 2. The van der Waals surface area contributed by atoms with Gasteiger partial charge in [0, 0.05) is 54.5 Å². The first kappa shape index (κ1) is 20.0. The van der Waals surface area contributed by atoms with E-state index in [9.17, 15) is 0 Å². The van der Waals surface area contributed by atoms with Crippen LogP contribution in [0.15, 0.2) is 30.5 Å². The highest BCUT2D eigenvalue weighted by atomic mass is 15.2. The van der Waals surface area contributed by atoms with Gasteiger partial charge in [-0.3, -0.25) is 15.0 Å². The maximum absolute atomic E-state index is 8.96. The monoisotopic (exact) mass is 415 g/mol. The standard InChI is InChI=1S/C24H29N7/c1-16-12-24(30-29-16)28-23-15-22-20(4-2-10-26-22)21(27-23)8-5-17-13-18-6-7-19(14-17)31(18)11-3-9-25/h2,4,10,12,15,17-19H,3,5-8,11,13-14H2,1H3,(H2,27,28,29,30)/t17-,18-,19+. The van der Waals surface area contributed by atoms with Crippen molar-refractivity contribution in [2.24, 2.45) is 5.92 Å². The first-order chi connectivity index (χ1) is 15.2. The normalized spacial score (nSPS) is 23.2. The van der Waals surface area contributed by atoms with Crippen LogP contribution in [0.2, 0.25) is 0 Å². The number of rotatable bonds is 7. The number of hydrogen-bond donors (Lipinski definition) is 2. The lowest BCUT2D eigenvalue weighted by molar-refractivity contribution is 0.103. The Kier molecular flexibility index (Phi) is 5.56. The van der Waals surface area contributed by atoms with E-state index in [1.54, 1.807) is 0 Å². The fourth-order valence-corrected chi connectivity index (χ4v) is 5.52. The SMILES string of the molecule is Cc1cc(Nc2cc3ncccc3c(CC[C@@H]3C[C@H]4CC[C@@H](C3)N4CCC#N)n2)n[nH]1. The third-order valence-electron chi connectivity index (χ3n) is 6.89. The molecule has 2 N–H and O–H groups in total. The number of hydrogen-bond acceptors (Lipinski definition) is 6. The number of nitrogens with zero attached hydrogens (tertiary/aromatic N) is 5. The number of aryl methyl sites for hydroxylation is 2. The van der Waals surface area contributed by atoms with Gasteiger partial charge in [-0.15, -0.1) is 0 Å². The van der Waals surface area contributed by atoms with Gasteiger partial charge in [0.05, 0.1) is 17.3 Å². The third-order valence-corrected chi connectivity index (χ3v) is 6.89. The smallest absolute Gasteiger partial charge is 0.153 e. The first-order valence-corrected chi connectivity index (χ1v) is 11.4. The molecule has 3 atom stereocenters. The van der Waals surface area contributed by atoms with Crippen LogP contribution >= 0.6 is 0 Å². The lowest BCUT2D eigenvalue weighted by Crippen LogP contribution is -2.43. The number of nitriles is 1. The van der Waals surface area contributed by atoms with Crippen molar-refractivity contribution in [2.75, 3.05) is 11.9 Å². The second kappa shape index (κ2) is 8.64. The Labute approximate surface area is 182 Å². The molecule has 7 nitrogen and oxygen atoms in total. The van der Waals surface area contributed by atoms with Gasteiger partial charge in [-0.25, -0.2) is 4.98 Å². The van der Waals surface area contributed by atoms with E-state index < -0.39 is 0 Å². The zero-order valence-electron chi connectivity index (χ0n) is 18.0. The summed E-state index contributed by atoms with van der Waals surface area (Å²) in [7, 11) is 0. The van der Waals surface area contributed by atoms with Crippen LogP contribution in [0.3, 0.4) is 0 Å². The van der Waals surface area contributed by atoms with Gasteiger partial charge < -0.3 is 5.32 Å². The van der Waals surface area contributed by atoms with Crippen LogP contribution in [0.1, 0.15) is 49.9 Å². The molecule has 7 heteroatoms. The van der Waals surface area contributed by atoms with E-state index in [4.69, 9.17) is 10.2 Å². The Balaban J connectivity index is 1.30. The summed E-state index contributed by atoms with van der Waals surface area (Å²) in [5, 5.41) is 20.6. The first-order valence-electron chi connectivity index (χ1n) is 11.4. The van der Waals surface area contributed by atoms with E-state index in [0.717, 1.165) is 59.2 Å². The van der Waals surface area contributed by atoms with Gasteiger partial charge in [0.2, 0.25) is 0 Å². The van der Waals surface area contributed by atoms with Gasteiger partial charge >= 0.3 is 0 Å². The molecule has 0 spiro atoms. The van der Waals surface area contributed by atoms with Crippen molar-refractivity contribution >= 4 is 22.5 Å². The Morgan fingerprint density at radius 1 is 1.23 bits per heavy atom. The summed E-state index contributed by atoms with van der Waals surface area (Å²) in [4.78, 5) is 12.1. The summed E-state index contributed by atoms with van der Waals surface area (Å²) < 4.78 is 0. The number of fused-ring (bicyclic) bond motifs is 3. The molecule has 0 unspecified atom stereocenters. The molecule has 2 fully saturated rings. The van der Waals surface area contributed by atoms with Gasteiger partial charge in [-0.1, -0.05) is 0 Å². The van der Waals surface area contributed by atoms with E-state index in [1.807, 2.05) is 31.3 Å². The summed E-state index contributed by atoms with van der Waals surface area (Å²) in [6.45, 7) is 2.93. The molecule has 31 heavy (non-hydrogen) atoms. The molecule has 0 radical (unpaired) electrons. The second-order valence-electron chi connectivity index (χ2n) is 8.99. The van der Waals surface area contributed by atoms with Crippen LogP contribution in [-0.4, -0.2) is 43.7 Å². The predicted octanol–water partition coefficient (Wildman–Crippen LogP) is 4.49. The van der Waals surface area contributed by atoms with E-state index in [2.05, 4.69) is 37.5 Å². The van der Waals surface area contributed by atoms with Crippen molar-refractivity contribution in [1.29, 1.82) is 5.26 Å². The fraction of sp³-hybridized carbons (Fsp3) is 0.500. The number of aromatic nitrogens is 4. The molecule has 160 valence electrons. The Morgan fingerprint density at radius 3 is 2.81 bits per heavy atom. The molecule has 2 aliphatic rings. The molecule has 3 aromatic rings. The average Bonchev–Trinajstić information content (AvgIpc) is 3.28. The van der Waals surface area contributed by atoms with E-state index in [1.165, 1.54) is 25.7 Å². The Bertz CT molecular complexity index is 1080. The van der Waals surface area contributed by atoms with E-state index >= 15 is 0 Å². The summed E-state index contributed by atoms with van der Waals surface area (Å²) in [6, 6.07) is 11.7. The molecule has 5 rings (SSSR count). The van der Waals surface area contributed by atoms with Crippen LogP contribution in [0, 0.1) is 24.2 Å². The van der Waals surface area contributed by atoms with Crippen molar-refractivity contribution in [3.05, 3.63) is 41.9 Å². The maximum Gasteiger partial charge on any atom is 0.153 e. The van der Waals surface area contributed by atoms with Crippen LogP contribution in [0.4, 0.5) is 11.6 Å². The maximum atomic E-state index is 8.96. The molecule has 2 bridgehead atoms. The van der Waals surface area contributed by atoms with Crippen molar-refractivity contribution in [2.45, 2.75) is 64.0 Å². The van der Waals surface area contributed by atoms with Crippen molar-refractivity contribution in [1.82, 2.24) is 25.1 Å². The van der Waals surface area contributed by atoms with Crippen LogP contribution in [0.5, 0.6) is 0 Å². The van der Waals surface area contributed by atoms with Crippen molar-refractivity contribution < 1.29 is 0 Å². The lowest BCUT2D eigenvalue weighted by atomic mass is 9.86. The van der Waals surface area contributed by atoms with Gasteiger partial charge in [0.1, 0.15) is 5.82 Å². The highest BCUT2D eigenvalue weighted by molar-refractivity contribution is 5.83. The zero-order valence-corrected chi connectivity index (χ0v) is 18.0. The average molecular weight is 416 g/mol. The summed E-state index contributed by atoms with van der Waals surface area (Å²) in [5.74, 6) is 2.29. The third kappa shape index (κ3) is 4.26. The minimum absolute atomic E-state index is 0.649. The molecule has 0 saturated carbocycles. The number of H-pyrrole nitrogens is 1. The Hall–Kier alpha value is -2.98. The molecule has 3 aromatic heterocycles. The molecular formula is C24H29N7. The molecule has 2 saturated heterocycles. The highest BCUT2D eigenvalue weighted by Gasteiger charge is 2.39. The fourth-order valence-electron chi connectivity index (χ4n) is 5.52. The largest absolute Gasteiger partial charge is 0.323 e. The minimum atomic E-state index is 0.649. The molecular weight excluding hydrogens is 386 g/mol. The van der Waals surface area contributed by atoms with Gasteiger partial charge in [-0.2, -0.15) is 10.4 Å². The Morgan fingerprint density at radius 2 is 2.06 bits per heavy atom. The predicted molar refractivity (Wildman–Crippen MR) is 121 cm³/mol. The summed E-state index contributed by atoms with van der Waals surface area (Å²) >= 11 is 0. The molecule has 0 aromatic carbocycles. The van der Waals surface area contributed by atoms with Crippen molar-refractivity contribution in [3.8, 4) is 6.07 Å². The second-order valence-corrected chi connectivity index (χ2v) is 8.99. The van der Waals surface area contributed by atoms with Crippen LogP contribution < -0.4 is 5.32 Å². The lowest BCUT2D eigenvalue weighted by Gasteiger charge is -2.38.